The average Bonchev–Trinajstić information content (AvgIpc) is 2.73. The Balaban J connectivity index is 1.75. The lowest BCUT2D eigenvalue weighted by Gasteiger charge is -2.21. The van der Waals surface area contributed by atoms with Crippen molar-refractivity contribution in [1.82, 2.24) is 4.90 Å². The third kappa shape index (κ3) is 6.11. The number of hydrogen-bond acceptors (Lipinski definition) is 2. The minimum Gasteiger partial charge on any atom is -0.485 e. The predicted molar refractivity (Wildman–Crippen MR) is 118 cm³/mol. The van der Waals surface area contributed by atoms with Gasteiger partial charge in [-0.05, 0) is 49.9 Å². The number of nitrogens with zero attached hydrogens (tertiary/aromatic N) is 1. The molecule has 0 aliphatic heterocycles. The highest BCUT2D eigenvalue weighted by atomic mass is 16.5. The maximum atomic E-state index is 6.19. The molecule has 0 N–H and O–H groups in total. The zero-order valence-corrected chi connectivity index (χ0v) is 16.7. The van der Waals surface area contributed by atoms with E-state index in [9.17, 15) is 0 Å². The first kappa shape index (κ1) is 19.9. The quantitative estimate of drug-likeness (QED) is 0.443. The van der Waals surface area contributed by atoms with Crippen molar-refractivity contribution in [2.75, 3.05) is 20.6 Å². The van der Waals surface area contributed by atoms with Crippen molar-refractivity contribution in [3.8, 4) is 5.75 Å². The number of rotatable bonds is 9. The van der Waals surface area contributed by atoms with Gasteiger partial charge in [-0.1, -0.05) is 84.9 Å². The van der Waals surface area contributed by atoms with Crippen LogP contribution in [-0.4, -0.2) is 31.6 Å². The van der Waals surface area contributed by atoms with E-state index in [0.29, 0.717) is 5.92 Å². The van der Waals surface area contributed by atoms with Crippen LogP contribution < -0.4 is 4.74 Å². The SMILES string of the molecule is CN(C)CC(C=CCC(c1ccccc1)c1ccccc1)Oc1ccccc1. The maximum absolute atomic E-state index is 6.19. The molecule has 1 atom stereocenters. The van der Waals surface area contributed by atoms with Gasteiger partial charge in [-0.2, -0.15) is 0 Å². The normalized spacial score (nSPS) is 12.6. The fourth-order valence-corrected chi connectivity index (χ4v) is 3.37. The minimum atomic E-state index is 0.0181. The highest BCUT2D eigenvalue weighted by Gasteiger charge is 2.13. The summed E-state index contributed by atoms with van der Waals surface area (Å²) in [5, 5.41) is 0. The number of ether oxygens (including phenoxy) is 1. The van der Waals surface area contributed by atoms with Crippen LogP contribution in [0, 0.1) is 0 Å². The van der Waals surface area contributed by atoms with Gasteiger partial charge in [-0.3, -0.25) is 0 Å². The summed E-state index contributed by atoms with van der Waals surface area (Å²) >= 11 is 0. The molecule has 0 aliphatic carbocycles. The van der Waals surface area contributed by atoms with E-state index in [-0.39, 0.29) is 6.10 Å². The van der Waals surface area contributed by atoms with Gasteiger partial charge < -0.3 is 9.64 Å². The molecule has 2 nitrogen and oxygen atoms in total. The second kappa shape index (κ2) is 10.5. The average molecular weight is 372 g/mol. The van der Waals surface area contributed by atoms with E-state index in [1.807, 2.05) is 30.3 Å². The predicted octanol–water partition coefficient (Wildman–Crippen LogP) is 5.77. The van der Waals surface area contributed by atoms with Crippen molar-refractivity contribution in [3.05, 3.63) is 114 Å². The number of allylic oxidation sites excluding steroid dienone is 1. The molecule has 3 rings (SSSR count). The Hall–Kier alpha value is -2.84. The smallest absolute Gasteiger partial charge is 0.129 e. The molecule has 0 fully saturated rings. The van der Waals surface area contributed by atoms with Crippen LogP contribution in [0.1, 0.15) is 23.5 Å². The Kier molecular flexibility index (Phi) is 7.45. The van der Waals surface area contributed by atoms with E-state index in [1.165, 1.54) is 11.1 Å². The van der Waals surface area contributed by atoms with E-state index in [0.717, 1.165) is 18.7 Å². The maximum Gasteiger partial charge on any atom is 0.129 e. The molecule has 0 spiro atoms. The molecule has 3 aromatic rings. The molecule has 0 radical (unpaired) electrons. The first-order valence-corrected chi connectivity index (χ1v) is 9.85. The number of hydrogen-bond donors (Lipinski definition) is 0. The van der Waals surface area contributed by atoms with Crippen molar-refractivity contribution in [2.45, 2.75) is 18.4 Å². The Labute approximate surface area is 169 Å². The van der Waals surface area contributed by atoms with Gasteiger partial charge in [0.1, 0.15) is 11.9 Å². The third-order valence-electron chi connectivity index (χ3n) is 4.70. The van der Waals surface area contributed by atoms with E-state index in [4.69, 9.17) is 4.74 Å². The first-order chi connectivity index (χ1) is 13.7. The van der Waals surface area contributed by atoms with Gasteiger partial charge in [0.05, 0.1) is 0 Å². The number of likely N-dealkylation sites (N-methyl/N-ethyl adjacent to an activating group) is 1. The molecule has 1 unspecified atom stereocenters. The number of benzene rings is 3. The largest absolute Gasteiger partial charge is 0.485 e. The molecule has 0 aliphatic rings. The van der Waals surface area contributed by atoms with Crippen LogP contribution in [0.5, 0.6) is 5.75 Å². The van der Waals surface area contributed by atoms with Crippen LogP contribution in [0.2, 0.25) is 0 Å². The topological polar surface area (TPSA) is 12.5 Å². The van der Waals surface area contributed by atoms with Crippen molar-refractivity contribution < 1.29 is 4.74 Å². The van der Waals surface area contributed by atoms with Crippen molar-refractivity contribution in [1.29, 1.82) is 0 Å². The summed E-state index contributed by atoms with van der Waals surface area (Å²) in [5.41, 5.74) is 2.68. The summed E-state index contributed by atoms with van der Waals surface area (Å²) in [5.74, 6) is 1.25. The second-order valence-corrected chi connectivity index (χ2v) is 7.27. The Morgan fingerprint density at radius 2 is 1.25 bits per heavy atom. The molecule has 0 heterocycles. The van der Waals surface area contributed by atoms with Crippen molar-refractivity contribution >= 4 is 0 Å². The molecule has 0 amide bonds. The van der Waals surface area contributed by atoms with Crippen LogP contribution in [0.3, 0.4) is 0 Å². The van der Waals surface area contributed by atoms with Gasteiger partial charge in [0, 0.05) is 12.5 Å². The second-order valence-electron chi connectivity index (χ2n) is 7.27. The van der Waals surface area contributed by atoms with Crippen LogP contribution in [0.15, 0.2) is 103 Å². The Morgan fingerprint density at radius 3 is 1.75 bits per heavy atom. The van der Waals surface area contributed by atoms with Crippen molar-refractivity contribution in [3.63, 3.8) is 0 Å². The summed E-state index contributed by atoms with van der Waals surface area (Å²) in [6, 6.07) is 31.5. The van der Waals surface area contributed by atoms with Crippen LogP contribution in [0.4, 0.5) is 0 Å². The molecule has 144 valence electrons. The molecule has 0 saturated heterocycles. The third-order valence-corrected chi connectivity index (χ3v) is 4.70. The zero-order valence-electron chi connectivity index (χ0n) is 16.7. The molecule has 0 aromatic heterocycles. The van der Waals surface area contributed by atoms with Gasteiger partial charge >= 0.3 is 0 Å². The molecular formula is C26H29NO. The van der Waals surface area contributed by atoms with Crippen LogP contribution in [0.25, 0.3) is 0 Å². The fourth-order valence-electron chi connectivity index (χ4n) is 3.37. The number of para-hydroxylation sites is 1. The Morgan fingerprint density at radius 1 is 0.750 bits per heavy atom. The van der Waals surface area contributed by atoms with Gasteiger partial charge in [-0.25, -0.2) is 0 Å². The highest BCUT2D eigenvalue weighted by Crippen LogP contribution is 2.28. The summed E-state index contributed by atoms with van der Waals surface area (Å²) in [6.07, 6.45) is 5.42. The lowest BCUT2D eigenvalue weighted by Crippen LogP contribution is -2.29. The van der Waals surface area contributed by atoms with Crippen LogP contribution >= 0.6 is 0 Å². The first-order valence-electron chi connectivity index (χ1n) is 9.85. The minimum absolute atomic E-state index is 0.0181. The molecule has 2 heteroatoms. The van der Waals surface area contributed by atoms with E-state index in [2.05, 4.69) is 91.8 Å². The molecular weight excluding hydrogens is 342 g/mol. The summed E-state index contributed by atoms with van der Waals surface area (Å²) in [4.78, 5) is 2.16. The summed E-state index contributed by atoms with van der Waals surface area (Å²) in [6.45, 7) is 0.840. The van der Waals surface area contributed by atoms with Crippen LogP contribution in [-0.2, 0) is 0 Å². The molecule has 0 saturated carbocycles. The summed E-state index contributed by atoms with van der Waals surface area (Å²) in [7, 11) is 4.15. The van der Waals surface area contributed by atoms with Gasteiger partial charge in [0.25, 0.3) is 0 Å². The van der Waals surface area contributed by atoms with E-state index >= 15 is 0 Å². The standard InChI is InChI=1S/C26H29NO/c1-27(2)21-25(28-24-17-10-5-11-18-24)19-12-20-26(22-13-6-3-7-14-22)23-15-8-4-9-16-23/h3-19,25-26H,20-21H2,1-2H3. The van der Waals surface area contributed by atoms with E-state index in [1.54, 1.807) is 0 Å². The highest BCUT2D eigenvalue weighted by molar-refractivity contribution is 5.33. The van der Waals surface area contributed by atoms with E-state index < -0.39 is 0 Å². The fraction of sp³-hybridized carbons (Fsp3) is 0.231. The molecule has 0 bridgehead atoms. The van der Waals surface area contributed by atoms with Gasteiger partial charge in [0.15, 0.2) is 0 Å². The van der Waals surface area contributed by atoms with Gasteiger partial charge in [-0.15, -0.1) is 0 Å². The van der Waals surface area contributed by atoms with Crippen molar-refractivity contribution in [2.24, 2.45) is 0 Å². The lowest BCUT2D eigenvalue weighted by molar-refractivity contribution is 0.200. The summed E-state index contributed by atoms with van der Waals surface area (Å²) < 4.78 is 6.19. The Bertz CT molecular complexity index is 789. The van der Waals surface area contributed by atoms with Gasteiger partial charge in [0.2, 0.25) is 0 Å². The monoisotopic (exact) mass is 371 g/mol. The molecule has 3 aromatic carbocycles. The zero-order chi connectivity index (χ0) is 19.6. The lowest BCUT2D eigenvalue weighted by atomic mass is 9.88. The molecule has 28 heavy (non-hydrogen) atoms.